The summed E-state index contributed by atoms with van der Waals surface area (Å²) in [5.41, 5.74) is 4.25. The Morgan fingerprint density at radius 1 is 1.02 bits per heavy atom. The van der Waals surface area contributed by atoms with Crippen LogP contribution in [0.5, 0.6) is 0 Å². The van der Waals surface area contributed by atoms with E-state index < -0.39 is 12.0 Å². The molecule has 0 radical (unpaired) electrons. The Morgan fingerprint density at radius 2 is 1.93 bits per heavy atom. The highest BCUT2D eigenvalue weighted by atomic mass is 35.5. The van der Waals surface area contributed by atoms with Gasteiger partial charge in [-0.3, -0.25) is 9.59 Å². The molecule has 0 amide bonds. The van der Waals surface area contributed by atoms with E-state index in [1.54, 1.807) is 47.0 Å². The summed E-state index contributed by atoms with van der Waals surface area (Å²) in [6.45, 7) is 0. The molecular weight excluding hydrogens is 537 g/mol. The number of fused-ring (bicyclic) bond motifs is 4. The Balaban J connectivity index is 1.21. The van der Waals surface area contributed by atoms with Crippen LogP contribution in [-0.4, -0.2) is 44.7 Å². The van der Waals surface area contributed by atoms with Crippen molar-refractivity contribution in [2.45, 2.75) is 18.4 Å². The zero-order valence-corrected chi connectivity index (χ0v) is 21.2. The summed E-state index contributed by atoms with van der Waals surface area (Å²) in [5, 5.41) is 11.9. The van der Waals surface area contributed by atoms with Crippen LogP contribution in [0.25, 0.3) is 39.1 Å². The van der Waals surface area contributed by atoms with E-state index in [1.165, 1.54) is 17.2 Å². The van der Waals surface area contributed by atoms with Gasteiger partial charge in [0, 0.05) is 33.8 Å². The molecule has 11 nitrogen and oxygen atoms in total. The van der Waals surface area contributed by atoms with Crippen molar-refractivity contribution < 1.29 is 4.39 Å². The zero-order chi connectivity index (χ0) is 27.1. The van der Waals surface area contributed by atoms with Gasteiger partial charge in [0.15, 0.2) is 0 Å². The molecule has 2 aromatic carbocycles. The SMILES string of the molecule is O=c1cnc2cc(-c3[nH]c(C4C5CC5c5cc(-c6cc(Cl)ccc6-n6cnnn6)cc(=O)n54)nc3F)ccc2[nH]1. The van der Waals surface area contributed by atoms with Gasteiger partial charge in [0.25, 0.3) is 11.1 Å². The second-order valence-corrected chi connectivity index (χ2v) is 10.4. The predicted molar refractivity (Wildman–Crippen MR) is 143 cm³/mol. The summed E-state index contributed by atoms with van der Waals surface area (Å²) in [4.78, 5) is 39.3. The summed E-state index contributed by atoms with van der Waals surface area (Å²) in [7, 11) is 0. The second kappa shape index (κ2) is 8.26. The Hall–Kier alpha value is -4.97. The Kier molecular flexibility index (Phi) is 4.74. The minimum atomic E-state index is -0.667. The molecule has 3 atom stereocenters. The molecule has 2 N–H and O–H groups in total. The number of nitrogens with one attached hydrogen (secondary N) is 2. The number of aromatic amines is 2. The molecule has 40 heavy (non-hydrogen) atoms. The maximum absolute atomic E-state index is 15.2. The van der Waals surface area contributed by atoms with Crippen molar-refractivity contribution in [1.29, 1.82) is 0 Å². The van der Waals surface area contributed by atoms with Crippen LogP contribution >= 0.6 is 11.6 Å². The van der Waals surface area contributed by atoms with E-state index >= 15 is 4.39 Å². The number of pyridine rings is 1. The normalized spacial score (nSPS) is 19.1. The van der Waals surface area contributed by atoms with Gasteiger partial charge in [-0.25, -0.2) is 9.97 Å². The van der Waals surface area contributed by atoms with Crippen molar-refractivity contribution in [3.8, 4) is 28.1 Å². The second-order valence-electron chi connectivity index (χ2n) is 10.0. The molecule has 196 valence electrons. The minimum Gasteiger partial charge on any atom is -0.338 e. The Labute approximate surface area is 228 Å². The van der Waals surface area contributed by atoms with Gasteiger partial charge >= 0.3 is 0 Å². The number of tetrazole rings is 1. The number of halogens is 2. The highest BCUT2D eigenvalue weighted by Crippen LogP contribution is 2.60. The molecule has 1 fully saturated rings. The average Bonchev–Trinajstić information content (AvgIpc) is 3.24. The number of nitrogens with zero attached hydrogens (tertiary/aromatic N) is 7. The van der Waals surface area contributed by atoms with E-state index in [0.29, 0.717) is 38.7 Å². The van der Waals surface area contributed by atoms with Crippen LogP contribution in [0.15, 0.2) is 70.6 Å². The Bertz CT molecular complexity index is 2100. The fourth-order valence-corrected chi connectivity index (χ4v) is 6.04. The van der Waals surface area contributed by atoms with Gasteiger partial charge < -0.3 is 14.5 Å². The molecule has 0 saturated heterocycles. The Morgan fingerprint density at radius 3 is 2.77 bits per heavy atom. The van der Waals surface area contributed by atoms with Crippen molar-refractivity contribution in [1.82, 2.24) is 44.7 Å². The molecule has 8 rings (SSSR count). The van der Waals surface area contributed by atoms with Gasteiger partial charge in [0.05, 0.1) is 29.0 Å². The molecule has 0 spiro atoms. The first-order valence-corrected chi connectivity index (χ1v) is 12.9. The van der Waals surface area contributed by atoms with Crippen LogP contribution in [-0.2, 0) is 0 Å². The van der Waals surface area contributed by atoms with E-state index in [1.807, 2.05) is 6.07 Å². The monoisotopic (exact) mass is 553 g/mol. The number of aromatic nitrogens is 9. The first-order valence-electron chi connectivity index (χ1n) is 12.5. The molecule has 6 aromatic rings. The van der Waals surface area contributed by atoms with Crippen LogP contribution in [0.1, 0.15) is 29.9 Å². The van der Waals surface area contributed by atoms with E-state index in [4.69, 9.17) is 11.6 Å². The van der Waals surface area contributed by atoms with Crippen LogP contribution in [0.4, 0.5) is 4.39 Å². The molecule has 1 saturated carbocycles. The van der Waals surface area contributed by atoms with E-state index in [9.17, 15) is 9.59 Å². The summed E-state index contributed by atoms with van der Waals surface area (Å²) >= 11 is 6.32. The molecule has 4 aromatic heterocycles. The third kappa shape index (κ3) is 3.46. The minimum absolute atomic E-state index is 0.128. The van der Waals surface area contributed by atoms with Crippen molar-refractivity contribution in [2.24, 2.45) is 5.92 Å². The molecule has 13 heteroatoms. The predicted octanol–water partition coefficient (Wildman–Crippen LogP) is 3.62. The van der Waals surface area contributed by atoms with Gasteiger partial charge in [0.1, 0.15) is 17.8 Å². The van der Waals surface area contributed by atoms with E-state index in [2.05, 4.69) is 35.5 Å². The van der Waals surface area contributed by atoms with Gasteiger partial charge in [-0.1, -0.05) is 17.7 Å². The lowest BCUT2D eigenvalue weighted by atomic mass is 10.0. The standard InChI is InChI=1S/C27H17ClFN9O2/c28-14-2-4-20(37-11-31-35-36-37)15(8-14)13-6-21-16-9-17(16)25(38(21)23(40)7-13)27-33-24(26(29)34-27)12-1-3-18-19(5-12)30-10-22(39)32-18/h1-8,10-11,16-17,25H,9H2,(H,32,39)(H,33,34). The highest BCUT2D eigenvalue weighted by Gasteiger charge is 2.54. The van der Waals surface area contributed by atoms with E-state index in [0.717, 1.165) is 17.7 Å². The molecule has 3 unspecified atom stereocenters. The lowest BCUT2D eigenvalue weighted by molar-refractivity contribution is 0.504. The lowest BCUT2D eigenvalue weighted by Gasteiger charge is -2.17. The number of imidazole rings is 1. The van der Waals surface area contributed by atoms with Gasteiger partial charge in [-0.2, -0.15) is 9.07 Å². The van der Waals surface area contributed by atoms with Crippen molar-refractivity contribution in [2.75, 3.05) is 0 Å². The maximum Gasteiger partial charge on any atom is 0.266 e. The van der Waals surface area contributed by atoms with Crippen molar-refractivity contribution in [3.05, 3.63) is 104 Å². The summed E-state index contributed by atoms with van der Waals surface area (Å²) in [6, 6.07) is 13.5. The molecule has 1 aliphatic heterocycles. The van der Waals surface area contributed by atoms with Crippen LogP contribution in [0.2, 0.25) is 5.02 Å². The van der Waals surface area contributed by atoms with Gasteiger partial charge in [0.2, 0.25) is 5.95 Å². The molecule has 0 bridgehead atoms. The number of hydrogen-bond donors (Lipinski definition) is 2. The average molecular weight is 554 g/mol. The van der Waals surface area contributed by atoms with Gasteiger partial charge in [-0.15, -0.1) is 5.10 Å². The highest BCUT2D eigenvalue weighted by molar-refractivity contribution is 6.31. The lowest BCUT2D eigenvalue weighted by Crippen LogP contribution is -2.26. The fourth-order valence-electron chi connectivity index (χ4n) is 5.86. The summed E-state index contributed by atoms with van der Waals surface area (Å²) in [5.74, 6) is 0.00836. The molecular formula is C27H17ClFN9O2. The van der Waals surface area contributed by atoms with E-state index in [-0.39, 0.29) is 28.6 Å². The quantitative estimate of drug-likeness (QED) is 0.340. The summed E-state index contributed by atoms with van der Waals surface area (Å²) in [6.07, 6.45) is 3.53. The molecule has 2 aliphatic rings. The number of rotatable bonds is 4. The number of benzene rings is 2. The first kappa shape index (κ1) is 23.0. The smallest absolute Gasteiger partial charge is 0.266 e. The molecule has 1 aliphatic carbocycles. The zero-order valence-electron chi connectivity index (χ0n) is 20.4. The summed E-state index contributed by atoms with van der Waals surface area (Å²) < 4.78 is 18.4. The fraction of sp³-hybridized carbons (Fsp3) is 0.148. The molecule has 5 heterocycles. The van der Waals surface area contributed by atoms with Crippen molar-refractivity contribution in [3.63, 3.8) is 0 Å². The third-order valence-electron chi connectivity index (χ3n) is 7.69. The van der Waals surface area contributed by atoms with Crippen LogP contribution < -0.4 is 11.1 Å². The number of H-pyrrole nitrogens is 2. The van der Waals surface area contributed by atoms with Crippen LogP contribution in [0, 0.1) is 11.9 Å². The largest absolute Gasteiger partial charge is 0.338 e. The first-order chi connectivity index (χ1) is 19.4. The topological polar surface area (TPSA) is 140 Å². The van der Waals surface area contributed by atoms with Crippen LogP contribution in [0.3, 0.4) is 0 Å². The van der Waals surface area contributed by atoms with Gasteiger partial charge in [-0.05, 0) is 64.7 Å². The third-order valence-corrected chi connectivity index (χ3v) is 7.93. The number of hydrogen-bond acceptors (Lipinski definition) is 7. The van der Waals surface area contributed by atoms with Crippen molar-refractivity contribution >= 4 is 22.6 Å². The maximum atomic E-state index is 15.2.